The molecule has 0 bridgehead atoms. The summed E-state index contributed by atoms with van der Waals surface area (Å²) in [5.74, 6) is -0.616. The number of ether oxygens (including phenoxy) is 1. The summed E-state index contributed by atoms with van der Waals surface area (Å²) in [6.45, 7) is 3.08. The van der Waals surface area contributed by atoms with Gasteiger partial charge in [0.1, 0.15) is 0 Å². The Morgan fingerprint density at radius 3 is 2.50 bits per heavy atom. The summed E-state index contributed by atoms with van der Waals surface area (Å²) < 4.78 is 4.66. The molecule has 1 aliphatic heterocycles. The minimum atomic E-state index is -0.558. The summed E-state index contributed by atoms with van der Waals surface area (Å²) in [4.78, 5) is 20.9. The van der Waals surface area contributed by atoms with Crippen LogP contribution in [0.3, 0.4) is 0 Å². The number of nitrogens with one attached hydrogen (secondary N) is 1. The van der Waals surface area contributed by atoms with Gasteiger partial charge in [0.25, 0.3) is 5.91 Å². The van der Waals surface area contributed by atoms with E-state index in [-0.39, 0.29) is 11.9 Å². The Labute approximate surface area is 58.5 Å². The zero-order chi connectivity index (χ0) is 7.72. The zero-order valence-electron chi connectivity index (χ0n) is 5.88. The molecule has 1 fully saturated rings. The third kappa shape index (κ3) is 1.10. The molecule has 0 aliphatic carbocycles. The fourth-order valence-electron chi connectivity index (χ4n) is 0.847. The van der Waals surface area contributed by atoms with E-state index in [1.54, 1.807) is 6.92 Å². The highest BCUT2D eigenvalue weighted by Crippen LogP contribution is 2.09. The fraction of sp³-hybridized carbons (Fsp3) is 0.667. The summed E-state index contributed by atoms with van der Waals surface area (Å²) in [5.41, 5.74) is 0. The highest BCUT2D eigenvalue weighted by Gasteiger charge is 2.38. The second-order valence-electron chi connectivity index (χ2n) is 2.33. The van der Waals surface area contributed by atoms with Gasteiger partial charge in [-0.15, -0.1) is 0 Å². The van der Waals surface area contributed by atoms with Crippen LogP contribution in [0.15, 0.2) is 0 Å². The third-order valence-electron chi connectivity index (χ3n) is 1.38. The second-order valence-corrected chi connectivity index (χ2v) is 2.33. The fourth-order valence-corrected chi connectivity index (χ4v) is 0.847. The number of amides is 1. The highest BCUT2D eigenvalue weighted by molar-refractivity contribution is 5.89. The predicted molar refractivity (Wildman–Crippen MR) is 33.2 cm³/mol. The third-order valence-corrected chi connectivity index (χ3v) is 1.38. The number of hydrogen-bond donors (Lipinski definition) is 1. The lowest BCUT2D eigenvalue weighted by Gasteiger charge is -2.32. The second kappa shape index (κ2) is 2.28. The SMILES string of the molecule is CC(=O)O[C@@H]1C(=O)N[C@@H]1C. The van der Waals surface area contributed by atoms with E-state index in [1.165, 1.54) is 6.92 Å². The molecule has 1 rings (SSSR count). The van der Waals surface area contributed by atoms with Gasteiger partial charge in [-0.25, -0.2) is 0 Å². The molecule has 1 N–H and O–H groups in total. The van der Waals surface area contributed by atoms with Gasteiger partial charge in [-0.2, -0.15) is 0 Å². The van der Waals surface area contributed by atoms with Gasteiger partial charge in [-0.1, -0.05) is 0 Å². The molecular weight excluding hydrogens is 134 g/mol. The summed E-state index contributed by atoms with van der Waals surface area (Å²) in [6.07, 6.45) is -0.558. The van der Waals surface area contributed by atoms with Crippen LogP contribution < -0.4 is 5.32 Å². The Bertz CT molecular complexity index is 178. The van der Waals surface area contributed by atoms with Crippen molar-refractivity contribution in [1.82, 2.24) is 5.32 Å². The van der Waals surface area contributed by atoms with Crippen molar-refractivity contribution in [1.29, 1.82) is 0 Å². The van der Waals surface area contributed by atoms with Crippen LogP contribution in [0.5, 0.6) is 0 Å². The Morgan fingerprint density at radius 2 is 2.30 bits per heavy atom. The van der Waals surface area contributed by atoms with E-state index in [2.05, 4.69) is 10.1 Å². The monoisotopic (exact) mass is 143 g/mol. The number of carbonyl (C=O) groups excluding carboxylic acids is 2. The first-order valence-electron chi connectivity index (χ1n) is 3.09. The van der Waals surface area contributed by atoms with Crippen molar-refractivity contribution < 1.29 is 14.3 Å². The summed E-state index contributed by atoms with van der Waals surface area (Å²) in [7, 11) is 0. The molecule has 0 saturated carbocycles. The van der Waals surface area contributed by atoms with Gasteiger partial charge >= 0.3 is 5.97 Å². The van der Waals surface area contributed by atoms with Crippen molar-refractivity contribution in [2.75, 3.05) is 0 Å². The van der Waals surface area contributed by atoms with Crippen LogP contribution in [0, 0.1) is 0 Å². The lowest BCUT2D eigenvalue weighted by Crippen LogP contribution is -2.62. The van der Waals surface area contributed by atoms with Gasteiger partial charge in [0.05, 0.1) is 6.04 Å². The van der Waals surface area contributed by atoms with E-state index < -0.39 is 12.1 Å². The first-order valence-corrected chi connectivity index (χ1v) is 3.09. The first kappa shape index (κ1) is 7.05. The topological polar surface area (TPSA) is 55.4 Å². The smallest absolute Gasteiger partial charge is 0.303 e. The maximum Gasteiger partial charge on any atom is 0.303 e. The number of β-lactam (4-membered cyclic amide) rings is 1. The quantitative estimate of drug-likeness (QED) is 0.395. The standard InChI is InChI=1S/C6H9NO3/c1-3-5(6(9)7-3)10-4(2)8/h3,5H,1-2H3,(H,7,9)/t3-,5+/m1/s1. The Kier molecular flexibility index (Phi) is 1.61. The number of rotatable bonds is 1. The predicted octanol–water partition coefficient (Wildman–Crippen LogP) is -0.564. The molecule has 0 aromatic heterocycles. The molecular formula is C6H9NO3. The highest BCUT2D eigenvalue weighted by atomic mass is 16.6. The molecule has 0 aromatic carbocycles. The van der Waals surface area contributed by atoms with Crippen molar-refractivity contribution in [2.45, 2.75) is 26.0 Å². The van der Waals surface area contributed by atoms with Gasteiger partial charge in [-0.3, -0.25) is 9.59 Å². The minimum Gasteiger partial charge on any atom is -0.450 e. The van der Waals surface area contributed by atoms with Crippen LogP contribution in [0.2, 0.25) is 0 Å². The normalized spacial score (nSPS) is 30.4. The van der Waals surface area contributed by atoms with Crippen molar-refractivity contribution in [2.24, 2.45) is 0 Å². The molecule has 10 heavy (non-hydrogen) atoms. The van der Waals surface area contributed by atoms with E-state index in [0.717, 1.165) is 0 Å². The van der Waals surface area contributed by atoms with Crippen LogP contribution in [-0.2, 0) is 14.3 Å². The Morgan fingerprint density at radius 1 is 1.70 bits per heavy atom. The van der Waals surface area contributed by atoms with Crippen LogP contribution in [0.4, 0.5) is 0 Å². The van der Waals surface area contributed by atoms with Gasteiger partial charge < -0.3 is 10.1 Å². The molecule has 1 aliphatic rings. The molecule has 0 unspecified atom stereocenters. The van der Waals surface area contributed by atoms with E-state index in [1.807, 2.05) is 0 Å². The summed E-state index contributed by atoms with van der Waals surface area (Å²) in [6, 6.07) is -0.0311. The van der Waals surface area contributed by atoms with Gasteiger partial charge in [0.2, 0.25) is 0 Å². The molecule has 0 spiro atoms. The maximum atomic E-state index is 10.6. The number of hydrogen-bond acceptors (Lipinski definition) is 3. The van der Waals surface area contributed by atoms with E-state index in [9.17, 15) is 9.59 Å². The average molecular weight is 143 g/mol. The van der Waals surface area contributed by atoms with Crippen LogP contribution >= 0.6 is 0 Å². The first-order chi connectivity index (χ1) is 4.61. The largest absolute Gasteiger partial charge is 0.450 e. The molecule has 4 nitrogen and oxygen atoms in total. The van der Waals surface area contributed by atoms with Crippen LogP contribution in [0.1, 0.15) is 13.8 Å². The van der Waals surface area contributed by atoms with Gasteiger partial charge in [-0.05, 0) is 6.92 Å². The van der Waals surface area contributed by atoms with Crippen molar-refractivity contribution in [3.05, 3.63) is 0 Å². The molecule has 0 aromatic rings. The number of carbonyl (C=O) groups is 2. The Hall–Kier alpha value is -1.06. The van der Waals surface area contributed by atoms with Crippen LogP contribution in [-0.4, -0.2) is 24.0 Å². The lowest BCUT2D eigenvalue weighted by molar-refractivity contribution is -0.163. The molecule has 0 radical (unpaired) electrons. The molecule has 1 heterocycles. The summed E-state index contributed by atoms with van der Waals surface area (Å²) in [5, 5.41) is 2.54. The minimum absolute atomic E-state index is 0.0311. The molecule has 4 heteroatoms. The molecule has 2 atom stereocenters. The lowest BCUT2D eigenvalue weighted by atomic mass is 10.1. The van der Waals surface area contributed by atoms with E-state index >= 15 is 0 Å². The molecule has 1 saturated heterocycles. The molecule has 1 amide bonds. The van der Waals surface area contributed by atoms with Gasteiger partial charge in [0.15, 0.2) is 6.10 Å². The van der Waals surface area contributed by atoms with Gasteiger partial charge in [0, 0.05) is 6.92 Å². The van der Waals surface area contributed by atoms with E-state index in [0.29, 0.717) is 0 Å². The number of esters is 1. The maximum absolute atomic E-state index is 10.6. The zero-order valence-corrected chi connectivity index (χ0v) is 5.88. The average Bonchev–Trinajstić information content (AvgIpc) is 1.84. The van der Waals surface area contributed by atoms with Crippen molar-refractivity contribution in [3.8, 4) is 0 Å². The van der Waals surface area contributed by atoms with Crippen molar-refractivity contribution in [3.63, 3.8) is 0 Å². The summed E-state index contributed by atoms with van der Waals surface area (Å²) >= 11 is 0. The Balaban J connectivity index is 2.40. The van der Waals surface area contributed by atoms with E-state index in [4.69, 9.17) is 0 Å². The van der Waals surface area contributed by atoms with Crippen molar-refractivity contribution >= 4 is 11.9 Å². The molecule has 56 valence electrons. The van der Waals surface area contributed by atoms with Crippen LogP contribution in [0.25, 0.3) is 0 Å².